The Morgan fingerprint density at radius 2 is 1.83 bits per heavy atom. The molecule has 0 spiro atoms. The molecule has 3 aromatic carbocycles. The summed E-state index contributed by atoms with van der Waals surface area (Å²) in [4.78, 5) is 32.2. The normalized spacial score (nSPS) is 19.4. The fourth-order valence-corrected chi connectivity index (χ4v) is 8.42. The van der Waals surface area contributed by atoms with Gasteiger partial charge in [-0.3, -0.25) is 19.8 Å². The SMILES string of the molecule is CC(CO)N1CCc2c(nc(C(=O)Nc3cccc(-c4cccc5c4CCC5Oc4cc(C5CC5)c(CNC5(C(=O)O)CC5)c(F)c4Cl)c3Cl)n2C)C1. The number of halogens is 3. The monoisotopic (exact) mass is 761 g/mol. The van der Waals surface area contributed by atoms with Crippen LogP contribution in [-0.2, 0) is 37.8 Å². The summed E-state index contributed by atoms with van der Waals surface area (Å²) >= 11 is 13.7. The number of carboxylic acid groups (broad SMARTS) is 1. The Labute approximate surface area is 317 Å². The molecule has 2 unspecified atom stereocenters. The van der Waals surface area contributed by atoms with E-state index in [1.54, 1.807) is 6.07 Å². The minimum Gasteiger partial charge on any atom is -0.484 e. The Morgan fingerprint density at radius 1 is 1.08 bits per heavy atom. The third-order valence-electron chi connectivity index (χ3n) is 11.5. The van der Waals surface area contributed by atoms with E-state index in [2.05, 4.69) is 20.5 Å². The molecule has 8 rings (SSSR count). The van der Waals surface area contributed by atoms with Gasteiger partial charge in [0.25, 0.3) is 5.91 Å². The van der Waals surface area contributed by atoms with E-state index < -0.39 is 17.3 Å². The van der Waals surface area contributed by atoms with Gasteiger partial charge in [-0.05, 0) is 85.8 Å². The average Bonchev–Trinajstić information content (AvgIpc) is 4.09. The fourth-order valence-electron chi connectivity index (χ4n) is 7.93. The first-order valence-electron chi connectivity index (χ1n) is 18.3. The topological polar surface area (TPSA) is 129 Å². The summed E-state index contributed by atoms with van der Waals surface area (Å²) in [5.41, 5.74) is 6.26. The summed E-state index contributed by atoms with van der Waals surface area (Å²) in [7, 11) is 1.85. The number of ether oxygens (including phenoxy) is 1. The molecule has 0 bridgehead atoms. The molecule has 4 aromatic rings. The van der Waals surface area contributed by atoms with Crippen molar-refractivity contribution in [3.05, 3.63) is 97.8 Å². The number of rotatable bonds is 12. The van der Waals surface area contributed by atoms with Crippen LogP contribution in [0.15, 0.2) is 42.5 Å². The second-order valence-electron chi connectivity index (χ2n) is 14.9. The number of anilines is 1. The molecule has 3 aliphatic carbocycles. The molecule has 2 fully saturated rings. The Morgan fingerprint density at radius 3 is 2.55 bits per heavy atom. The van der Waals surface area contributed by atoms with Gasteiger partial charge in [0, 0.05) is 56.0 Å². The van der Waals surface area contributed by atoms with Gasteiger partial charge in [0.05, 0.1) is 23.0 Å². The predicted molar refractivity (Wildman–Crippen MR) is 200 cm³/mol. The molecular formula is C40H42Cl2FN5O5. The smallest absolute Gasteiger partial charge is 0.323 e. The maximum atomic E-state index is 15.9. The molecule has 0 radical (unpaired) electrons. The van der Waals surface area contributed by atoms with E-state index in [1.807, 2.05) is 54.9 Å². The summed E-state index contributed by atoms with van der Waals surface area (Å²) in [5, 5.41) is 25.6. The van der Waals surface area contributed by atoms with Crippen molar-refractivity contribution in [3.8, 4) is 16.9 Å². The molecule has 2 atom stereocenters. The van der Waals surface area contributed by atoms with E-state index in [4.69, 9.17) is 27.9 Å². The van der Waals surface area contributed by atoms with Gasteiger partial charge in [0.2, 0.25) is 0 Å². The number of aliphatic carboxylic acids is 1. The number of aliphatic hydroxyl groups is 1. The number of benzene rings is 3. The van der Waals surface area contributed by atoms with Crippen LogP contribution in [0.4, 0.5) is 10.1 Å². The van der Waals surface area contributed by atoms with Gasteiger partial charge >= 0.3 is 5.97 Å². The molecule has 1 amide bonds. The number of nitrogens with zero attached hydrogens (tertiary/aromatic N) is 3. The number of carboxylic acids is 1. The van der Waals surface area contributed by atoms with Crippen LogP contribution in [0.25, 0.3) is 11.1 Å². The van der Waals surface area contributed by atoms with Gasteiger partial charge in [-0.2, -0.15) is 0 Å². The summed E-state index contributed by atoms with van der Waals surface area (Å²) in [5.74, 6) is -1.08. The number of imidazole rings is 1. The molecule has 1 aromatic heterocycles. The van der Waals surface area contributed by atoms with Crippen molar-refractivity contribution in [3.63, 3.8) is 0 Å². The zero-order chi connectivity index (χ0) is 37.2. The minimum absolute atomic E-state index is 0.00789. The van der Waals surface area contributed by atoms with E-state index in [1.165, 1.54) is 0 Å². The lowest BCUT2D eigenvalue weighted by molar-refractivity contribution is -0.140. The van der Waals surface area contributed by atoms with Crippen molar-refractivity contribution in [1.29, 1.82) is 0 Å². The summed E-state index contributed by atoms with van der Waals surface area (Å²) < 4.78 is 24.3. The Hall–Kier alpha value is -4.00. The molecule has 2 saturated carbocycles. The van der Waals surface area contributed by atoms with Gasteiger partial charge in [-0.15, -0.1) is 0 Å². The molecule has 1 aliphatic heterocycles. The number of aromatic nitrogens is 2. The maximum Gasteiger partial charge on any atom is 0.323 e. The zero-order valence-electron chi connectivity index (χ0n) is 29.6. The first-order chi connectivity index (χ1) is 25.5. The van der Waals surface area contributed by atoms with Crippen LogP contribution in [0.3, 0.4) is 0 Å². The van der Waals surface area contributed by atoms with Gasteiger partial charge in [0.15, 0.2) is 5.82 Å². The highest BCUT2D eigenvalue weighted by Crippen LogP contribution is 2.49. The first kappa shape index (κ1) is 36.0. The van der Waals surface area contributed by atoms with Crippen molar-refractivity contribution in [2.45, 2.75) is 88.6 Å². The number of carbonyl (C=O) groups is 2. The number of aliphatic hydroxyl groups excluding tert-OH is 1. The van der Waals surface area contributed by atoms with E-state index >= 15 is 4.39 Å². The van der Waals surface area contributed by atoms with E-state index in [-0.39, 0.29) is 47.9 Å². The Kier molecular flexibility index (Phi) is 9.52. The van der Waals surface area contributed by atoms with Crippen LogP contribution in [0.1, 0.15) is 95.3 Å². The number of fused-ring (bicyclic) bond motifs is 2. The zero-order valence-corrected chi connectivity index (χ0v) is 31.2. The van der Waals surface area contributed by atoms with Crippen LogP contribution >= 0.6 is 23.2 Å². The summed E-state index contributed by atoms with van der Waals surface area (Å²) in [6.07, 6.45) is 4.61. The van der Waals surface area contributed by atoms with Crippen LogP contribution in [0.2, 0.25) is 10.0 Å². The number of carbonyl (C=O) groups excluding carboxylic acids is 1. The van der Waals surface area contributed by atoms with Crippen LogP contribution in [0.5, 0.6) is 5.75 Å². The second kappa shape index (κ2) is 14.0. The number of hydrogen-bond donors (Lipinski definition) is 4. The largest absolute Gasteiger partial charge is 0.484 e. The van der Waals surface area contributed by atoms with Crippen LogP contribution in [-0.4, -0.2) is 61.3 Å². The molecule has 4 aliphatic rings. The van der Waals surface area contributed by atoms with E-state index in [9.17, 15) is 19.8 Å². The Balaban J connectivity index is 1.02. The number of amides is 1. The second-order valence-corrected chi connectivity index (χ2v) is 15.6. The lowest BCUT2D eigenvalue weighted by Crippen LogP contribution is -2.39. The van der Waals surface area contributed by atoms with Crippen molar-refractivity contribution in [1.82, 2.24) is 19.8 Å². The standard InChI is InChI=1S/C40H42Cl2FN5O5/c1-21(20-49)48-16-13-31-30(19-48)45-37(47(31)2)38(50)46-29-8-4-7-26(34(29)41)23-5-3-6-25-24(23)11-12-32(25)53-33-17-27(22-9-10-22)28(36(43)35(33)42)18-44-40(14-15-40)39(51)52/h3-8,17,21-22,32,44,49H,9-16,18-20H2,1-2H3,(H,46,50)(H,51,52). The average molecular weight is 763 g/mol. The van der Waals surface area contributed by atoms with Crippen molar-refractivity contribution < 1.29 is 28.9 Å². The van der Waals surface area contributed by atoms with Crippen molar-refractivity contribution in [2.75, 3.05) is 18.5 Å². The summed E-state index contributed by atoms with van der Waals surface area (Å²) in [6, 6.07) is 13.4. The van der Waals surface area contributed by atoms with E-state index in [0.29, 0.717) is 54.3 Å². The molecule has 10 nitrogen and oxygen atoms in total. The van der Waals surface area contributed by atoms with Crippen molar-refractivity contribution >= 4 is 40.8 Å². The number of nitrogens with one attached hydrogen (secondary N) is 2. The van der Waals surface area contributed by atoms with Gasteiger partial charge in [-0.25, -0.2) is 9.37 Å². The Bertz CT molecular complexity index is 2130. The lowest BCUT2D eigenvalue weighted by Gasteiger charge is -2.30. The van der Waals surface area contributed by atoms with Gasteiger partial charge in [-0.1, -0.05) is 53.5 Å². The molecule has 13 heteroatoms. The van der Waals surface area contributed by atoms with Crippen LogP contribution < -0.4 is 15.4 Å². The molecule has 2 heterocycles. The fraction of sp³-hybridized carbons (Fsp3) is 0.425. The first-order valence-corrected chi connectivity index (χ1v) is 19.0. The van der Waals surface area contributed by atoms with Crippen molar-refractivity contribution in [2.24, 2.45) is 7.05 Å². The quantitative estimate of drug-likeness (QED) is 0.120. The third-order valence-corrected chi connectivity index (χ3v) is 12.2. The molecule has 278 valence electrons. The highest BCUT2D eigenvalue weighted by Gasteiger charge is 2.50. The summed E-state index contributed by atoms with van der Waals surface area (Å²) in [6.45, 7) is 3.47. The minimum atomic E-state index is -0.990. The molecular weight excluding hydrogens is 720 g/mol. The van der Waals surface area contributed by atoms with Crippen LogP contribution in [0, 0.1) is 5.82 Å². The van der Waals surface area contributed by atoms with Gasteiger partial charge < -0.3 is 24.8 Å². The number of hydrogen-bond acceptors (Lipinski definition) is 7. The van der Waals surface area contributed by atoms with E-state index in [0.717, 1.165) is 65.0 Å². The highest BCUT2D eigenvalue weighted by molar-refractivity contribution is 6.36. The highest BCUT2D eigenvalue weighted by atomic mass is 35.5. The maximum absolute atomic E-state index is 15.9. The molecule has 4 N–H and O–H groups in total. The predicted octanol–water partition coefficient (Wildman–Crippen LogP) is 7.17. The lowest BCUT2D eigenvalue weighted by atomic mass is 9.96. The molecule has 53 heavy (non-hydrogen) atoms. The third kappa shape index (κ3) is 6.61. The van der Waals surface area contributed by atoms with Gasteiger partial charge in [0.1, 0.15) is 28.2 Å². The molecule has 0 saturated heterocycles.